The van der Waals surface area contributed by atoms with Crippen molar-refractivity contribution in [3.63, 3.8) is 0 Å². The second-order valence-corrected chi connectivity index (χ2v) is 8.32. The summed E-state index contributed by atoms with van der Waals surface area (Å²) in [6, 6.07) is 7.01. The van der Waals surface area contributed by atoms with E-state index in [9.17, 15) is 17.2 Å². The van der Waals surface area contributed by atoms with E-state index in [0.29, 0.717) is 23.1 Å². The lowest BCUT2D eigenvalue weighted by Gasteiger charge is -2.11. The summed E-state index contributed by atoms with van der Waals surface area (Å²) in [4.78, 5) is 3.99. The number of halogens is 2. The molecular weight excluding hydrogens is 350 g/mol. The molecule has 0 radical (unpaired) electrons. The fourth-order valence-electron chi connectivity index (χ4n) is 2.17. The highest BCUT2D eigenvalue weighted by Crippen LogP contribution is 2.28. The molecule has 0 amide bonds. The first kappa shape index (κ1) is 17.3. The first-order chi connectivity index (χ1) is 11.6. The highest BCUT2D eigenvalue weighted by molar-refractivity contribution is 7.92. The highest BCUT2D eigenvalue weighted by Gasteiger charge is 2.22. The Kier molecular flexibility index (Phi) is 4.03. The van der Waals surface area contributed by atoms with Crippen LogP contribution in [0.2, 0.25) is 0 Å². The molecule has 5 nitrogen and oxygen atoms in total. The molecular formula is C17H16F2N2O3S. The van der Waals surface area contributed by atoms with Gasteiger partial charge in [-0.2, -0.15) is 0 Å². The zero-order valence-electron chi connectivity index (χ0n) is 13.8. The van der Waals surface area contributed by atoms with Gasteiger partial charge in [-0.15, -0.1) is 0 Å². The van der Waals surface area contributed by atoms with Crippen LogP contribution in [-0.4, -0.2) is 13.4 Å². The standard InChI is InChI=1S/C17H16F2N2O3S/c1-17(2,3)16-20-14-8-10(4-7-15(14)24-16)21-25(22,23)11-5-6-12(18)13(19)9-11/h4-9,21H,1-3H3. The van der Waals surface area contributed by atoms with E-state index in [4.69, 9.17) is 4.42 Å². The molecule has 1 aromatic heterocycles. The first-order valence-electron chi connectivity index (χ1n) is 7.45. The predicted molar refractivity (Wildman–Crippen MR) is 89.9 cm³/mol. The Morgan fingerprint density at radius 2 is 1.76 bits per heavy atom. The van der Waals surface area contributed by atoms with Crippen molar-refractivity contribution in [2.45, 2.75) is 31.1 Å². The van der Waals surface area contributed by atoms with Gasteiger partial charge >= 0.3 is 0 Å². The Bertz CT molecular complexity index is 1050. The molecule has 0 saturated carbocycles. The van der Waals surface area contributed by atoms with Gasteiger partial charge in [-0.25, -0.2) is 22.2 Å². The zero-order valence-corrected chi connectivity index (χ0v) is 14.6. The van der Waals surface area contributed by atoms with Crippen molar-refractivity contribution in [2.24, 2.45) is 0 Å². The molecule has 0 unspecified atom stereocenters. The summed E-state index contributed by atoms with van der Waals surface area (Å²) in [5.41, 5.74) is 0.978. The third-order valence-electron chi connectivity index (χ3n) is 3.48. The molecule has 0 fully saturated rings. The summed E-state index contributed by atoms with van der Waals surface area (Å²) in [7, 11) is -4.06. The Morgan fingerprint density at radius 1 is 1.04 bits per heavy atom. The highest BCUT2D eigenvalue weighted by atomic mass is 32.2. The average Bonchev–Trinajstić information content (AvgIpc) is 2.93. The molecule has 0 aliphatic heterocycles. The maximum Gasteiger partial charge on any atom is 0.262 e. The fraction of sp³-hybridized carbons (Fsp3) is 0.235. The van der Waals surface area contributed by atoms with Crippen molar-refractivity contribution in [3.05, 3.63) is 53.9 Å². The lowest BCUT2D eigenvalue weighted by atomic mass is 9.97. The largest absolute Gasteiger partial charge is 0.440 e. The molecule has 2 aromatic carbocycles. The maximum atomic E-state index is 13.3. The van der Waals surface area contributed by atoms with Crippen molar-refractivity contribution < 1.29 is 21.6 Å². The Balaban J connectivity index is 1.95. The van der Waals surface area contributed by atoms with Crippen LogP contribution in [0, 0.1) is 11.6 Å². The van der Waals surface area contributed by atoms with E-state index in [-0.39, 0.29) is 16.0 Å². The summed E-state index contributed by atoms with van der Waals surface area (Å²) < 4.78 is 58.9. The fourth-order valence-corrected chi connectivity index (χ4v) is 3.23. The number of sulfonamides is 1. The number of hydrogen-bond acceptors (Lipinski definition) is 4. The predicted octanol–water partition coefficient (Wildman–Crippen LogP) is 4.20. The molecule has 0 atom stereocenters. The summed E-state index contributed by atoms with van der Waals surface area (Å²) >= 11 is 0. The number of rotatable bonds is 3. The van der Waals surface area contributed by atoms with Crippen LogP contribution in [0.1, 0.15) is 26.7 Å². The number of nitrogens with one attached hydrogen (secondary N) is 1. The van der Waals surface area contributed by atoms with E-state index >= 15 is 0 Å². The van der Waals surface area contributed by atoms with E-state index in [0.717, 1.165) is 12.1 Å². The van der Waals surface area contributed by atoms with Crippen molar-refractivity contribution in [1.82, 2.24) is 4.98 Å². The minimum atomic E-state index is -4.06. The molecule has 0 saturated heterocycles. The maximum absolute atomic E-state index is 13.3. The monoisotopic (exact) mass is 366 g/mol. The molecule has 0 bridgehead atoms. The van der Waals surface area contributed by atoms with Gasteiger partial charge in [-0.3, -0.25) is 4.72 Å². The SMILES string of the molecule is CC(C)(C)c1nc2cc(NS(=O)(=O)c3ccc(F)c(F)c3)ccc2o1. The molecule has 3 rings (SSSR count). The number of aromatic nitrogens is 1. The van der Waals surface area contributed by atoms with Gasteiger partial charge in [0, 0.05) is 5.41 Å². The van der Waals surface area contributed by atoms with Crippen molar-refractivity contribution in [1.29, 1.82) is 0 Å². The molecule has 0 spiro atoms. The van der Waals surface area contributed by atoms with Crippen LogP contribution < -0.4 is 4.72 Å². The molecule has 1 heterocycles. The molecule has 1 N–H and O–H groups in total. The number of anilines is 1. The number of oxazole rings is 1. The molecule has 0 aliphatic rings. The second-order valence-electron chi connectivity index (χ2n) is 6.63. The minimum Gasteiger partial charge on any atom is -0.440 e. The third-order valence-corrected chi connectivity index (χ3v) is 4.86. The van der Waals surface area contributed by atoms with E-state index in [1.54, 1.807) is 6.07 Å². The van der Waals surface area contributed by atoms with Crippen molar-refractivity contribution in [3.8, 4) is 0 Å². The van der Waals surface area contributed by atoms with Crippen LogP contribution in [0.4, 0.5) is 14.5 Å². The number of fused-ring (bicyclic) bond motifs is 1. The normalized spacial score (nSPS) is 12.5. The Hall–Kier alpha value is -2.48. The lowest BCUT2D eigenvalue weighted by Crippen LogP contribution is -2.13. The van der Waals surface area contributed by atoms with Crippen LogP contribution >= 0.6 is 0 Å². The molecule has 8 heteroatoms. The quantitative estimate of drug-likeness (QED) is 0.754. The van der Waals surface area contributed by atoms with E-state index < -0.39 is 21.7 Å². The molecule has 0 aliphatic carbocycles. The first-order valence-corrected chi connectivity index (χ1v) is 8.93. The van der Waals surface area contributed by atoms with Gasteiger partial charge in [-0.1, -0.05) is 20.8 Å². The summed E-state index contributed by atoms with van der Waals surface area (Å²) in [6.45, 7) is 5.85. The van der Waals surface area contributed by atoms with Gasteiger partial charge < -0.3 is 4.42 Å². The van der Waals surface area contributed by atoms with Gasteiger partial charge in [0.1, 0.15) is 5.52 Å². The smallest absolute Gasteiger partial charge is 0.262 e. The summed E-state index contributed by atoms with van der Waals surface area (Å²) in [6.07, 6.45) is 0. The van der Waals surface area contributed by atoms with Crippen LogP contribution in [0.15, 0.2) is 45.7 Å². The number of nitrogens with zero attached hydrogens (tertiary/aromatic N) is 1. The van der Waals surface area contributed by atoms with Crippen LogP contribution in [0.25, 0.3) is 11.1 Å². The van der Waals surface area contributed by atoms with Crippen LogP contribution in [0.3, 0.4) is 0 Å². The van der Waals surface area contributed by atoms with Gasteiger partial charge in [-0.05, 0) is 36.4 Å². The van der Waals surface area contributed by atoms with Gasteiger partial charge in [0.25, 0.3) is 10.0 Å². The second kappa shape index (κ2) is 5.80. The van der Waals surface area contributed by atoms with Crippen molar-refractivity contribution in [2.75, 3.05) is 4.72 Å². The topological polar surface area (TPSA) is 72.2 Å². The number of benzene rings is 2. The Labute approximate surface area is 143 Å². The van der Waals surface area contributed by atoms with E-state index in [1.807, 2.05) is 20.8 Å². The van der Waals surface area contributed by atoms with Crippen molar-refractivity contribution >= 4 is 26.8 Å². The molecule has 132 valence electrons. The van der Waals surface area contributed by atoms with Gasteiger partial charge in [0.05, 0.1) is 10.6 Å². The van der Waals surface area contributed by atoms with Crippen LogP contribution in [-0.2, 0) is 15.4 Å². The molecule has 3 aromatic rings. The number of hydrogen-bond donors (Lipinski definition) is 1. The zero-order chi connectivity index (χ0) is 18.4. The van der Waals surface area contributed by atoms with E-state index in [1.165, 1.54) is 12.1 Å². The third kappa shape index (κ3) is 3.48. The average molecular weight is 366 g/mol. The van der Waals surface area contributed by atoms with E-state index in [2.05, 4.69) is 9.71 Å². The lowest BCUT2D eigenvalue weighted by molar-refractivity contribution is 0.411. The van der Waals surface area contributed by atoms with Gasteiger partial charge in [0.2, 0.25) is 5.89 Å². The van der Waals surface area contributed by atoms with Crippen LogP contribution in [0.5, 0.6) is 0 Å². The Morgan fingerprint density at radius 3 is 2.40 bits per heavy atom. The summed E-state index contributed by atoms with van der Waals surface area (Å²) in [5, 5.41) is 0. The van der Waals surface area contributed by atoms with Gasteiger partial charge in [0.15, 0.2) is 17.2 Å². The minimum absolute atomic E-state index is 0.242. The molecule has 25 heavy (non-hydrogen) atoms. The summed E-state index contributed by atoms with van der Waals surface area (Å²) in [5.74, 6) is -1.81.